The van der Waals surface area contributed by atoms with Crippen LogP contribution in [0.15, 0.2) is 29.8 Å². The molecular formula is C15H17NO4. The molecule has 0 aromatic heterocycles. The Morgan fingerprint density at radius 2 is 2.00 bits per heavy atom. The number of nitriles is 1. The molecule has 1 aromatic carbocycles. The van der Waals surface area contributed by atoms with Crippen LogP contribution >= 0.6 is 0 Å². The molecular weight excluding hydrogens is 258 g/mol. The number of ether oxygens (including phenoxy) is 3. The normalized spacial score (nSPS) is 10.8. The molecule has 0 saturated carbocycles. The maximum absolute atomic E-state index is 11.6. The topological polar surface area (TPSA) is 68.5 Å². The first kappa shape index (κ1) is 15.7. The molecule has 5 nitrogen and oxygen atoms in total. The smallest absolute Gasteiger partial charge is 0.348 e. The number of benzene rings is 1. The number of methoxy groups -OCH3 is 1. The molecule has 5 heteroatoms. The van der Waals surface area contributed by atoms with Gasteiger partial charge in [0.25, 0.3) is 0 Å². The van der Waals surface area contributed by atoms with Crippen LogP contribution in [0.25, 0.3) is 6.08 Å². The molecule has 0 radical (unpaired) electrons. The van der Waals surface area contributed by atoms with E-state index in [0.29, 0.717) is 13.2 Å². The summed E-state index contributed by atoms with van der Waals surface area (Å²) in [5.74, 6) is 0.0873. The Labute approximate surface area is 118 Å². The van der Waals surface area contributed by atoms with Crippen LogP contribution in [0.2, 0.25) is 0 Å². The van der Waals surface area contributed by atoms with Gasteiger partial charge >= 0.3 is 5.97 Å². The largest absolute Gasteiger partial charge is 0.494 e. The maximum Gasteiger partial charge on any atom is 0.348 e. The van der Waals surface area contributed by atoms with Crippen molar-refractivity contribution in [3.63, 3.8) is 0 Å². The zero-order valence-corrected chi connectivity index (χ0v) is 11.6. The van der Waals surface area contributed by atoms with Crippen molar-refractivity contribution in [2.75, 3.05) is 26.9 Å². The molecule has 1 aromatic rings. The number of hydrogen-bond donors (Lipinski definition) is 0. The Balaban J connectivity index is 2.73. The summed E-state index contributed by atoms with van der Waals surface area (Å²) in [6.07, 6.45) is 1.48. The molecule has 0 atom stereocenters. The van der Waals surface area contributed by atoms with E-state index in [9.17, 15) is 4.79 Å². The Morgan fingerprint density at radius 3 is 2.55 bits per heavy atom. The second-order valence-electron chi connectivity index (χ2n) is 3.80. The summed E-state index contributed by atoms with van der Waals surface area (Å²) in [4.78, 5) is 11.6. The average molecular weight is 275 g/mol. The molecule has 106 valence electrons. The third kappa shape index (κ3) is 5.12. The van der Waals surface area contributed by atoms with Gasteiger partial charge in [-0.05, 0) is 30.7 Å². The summed E-state index contributed by atoms with van der Waals surface area (Å²) in [6, 6.07) is 8.93. The fourth-order valence-corrected chi connectivity index (χ4v) is 1.43. The predicted octanol–water partition coefficient (Wildman–Crippen LogP) is 2.18. The van der Waals surface area contributed by atoms with E-state index in [1.54, 1.807) is 24.3 Å². The van der Waals surface area contributed by atoms with E-state index in [0.717, 1.165) is 11.3 Å². The molecule has 0 amide bonds. The van der Waals surface area contributed by atoms with Crippen LogP contribution in [0.5, 0.6) is 5.75 Å². The average Bonchev–Trinajstić information content (AvgIpc) is 2.47. The standard InChI is InChI=1S/C15H17NO4/c1-3-19-14-6-4-12(5-7-14)10-13(11-16)15(17)20-9-8-18-2/h4-7,10H,3,8-9H2,1-2H3/b13-10+. The SMILES string of the molecule is CCOc1ccc(/C=C(\C#N)C(=O)OCCOC)cc1. The molecule has 0 aliphatic heterocycles. The Kier molecular flexibility index (Phi) is 6.87. The number of carbonyl (C=O) groups is 1. The minimum Gasteiger partial charge on any atom is -0.494 e. The lowest BCUT2D eigenvalue weighted by atomic mass is 10.1. The van der Waals surface area contributed by atoms with Crippen molar-refractivity contribution in [3.05, 3.63) is 35.4 Å². The van der Waals surface area contributed by atoms with E-state index in [1.165, 1.54) is 13.2 Å². The van der Waals surface area contributed by atoms with E-state index in [-0.39, 0.29) is 12.2 Å². The van der Waals surface area contributed by atoms with Gasteiger partial charge in [0.15, 0.2) is 0 Å². The maximum atomic E-state index is 11.6. The summed E-state index contributed by atoms with van der Waals surface area (Å²) in [7, 11) is 1.51. The van der Waals surface area contributed by atoms with Crippen LogP contribution in [0.4, 0.5) is 0 Å². The highest BCUT2D eigenvalue weighted by Crippen LogP contribution is 2.14. The number of nitrogens with zero attached hydrogens (tertiary/aromatic N) is 1. The van der Waals surface area contributed by atoms with Gasteiger partial charge in [-0.3, -0.25) is 0 Å². The van der Waals surface area contributed by atoms with Gasteiger partial charge in [-0.15, -0.1) is 0 Å². The van der Waals surface area contributed by atoms with Crippen LogP contribution in [-0.4, -0.2) is 32.9 Å². The van der Waals surface area contributed by atoms with Crippen molar-refractivity contribution in [2.45, 2.75) is 6.92 Å². The van der Waals surface area contributed by atoms with Crippen molar-refractivity contribution >= 4 is 12.0 Å². The van der Waals surface area contributed by atoms with E-state index in [4.69, 9.17) is 19.5 Å². The number of rotatable bonds is 7. The number of esters is 1. The van der Waals surface area contributed by atoms with Crippen LogP contribution in [0, 0.1) is 11.3 Å². The molecule has 0 bridgehead atoms. The summed E-state index contributed by atoms with van der Waals surface area (Å²) in [5.41, 5.74) is 0.680. The van der Waals surface area contributed by atoms with Crippen molar-refractivity contribution < 1.29 is 19.0 Å². The van der Waals surface area contributed by atoms with Crippen molar-refractivity contribution in [3.8, 4) is 11.8 Å². The number of carbonyl (C=O) groups excluding carboxylic acids is 1. The zero-order valence-electron chi connectivity index (χ0n) is 11.6. The molecule has 0 aliphatic rings. The Bertz CT molecular complexity index is 500. The summed E-state index contributed by atoms with van der Waals surface area (Å²) in [6.45, 7) is 2.91. The molecule has 20 heavy (non-hydrogen) atoms. The van der Waals surface area contributed by atoms with Gasteiger partial charge in [0.05, 0.1) is 13.2 Å². The molecule has 0 unspecified atom stereocenters. The zero-order chi connectivity index (χ0) is 14.8. The second-order valence-corrected chi connectivity index (χ2v) is 3.80. The quantitative estimate of drug-likeness (QED) is 0.330. The highest BCUT2D eigenvalue weighted by Gasteiger charge is 2.10. The van der Waals surface area contributed by atoms with Gasteiger partial charge in [-0.2, -0.15) is 5.26 Å². The van der Waals surface area contributed by atoms with E-state index in [2.05, 4.69) is 0 Å². The van der Waals surface area contributed by atoms with Crippen molar-refractivity contribution in [1.82, 2.24) is 0 Å². The molecule has 1 rings (SSSR count). The van der Waals surface area contributed by atoms with E-state index < -0.39 is 5.97 Å². The molecule has 0 N–H and O–H groups in total. The fraction of sp³-hybridized carbons (Fsp3) is 0.333. The monoisotopic (exact) mass is 275 g/mol. The van der Waals surface area contributed by atoms with Gasteiger partial charge < -0.3 is 14.2 Å². The lowest BCUT2D eigenvalue weighted by Crippen LogP contribution is -2.11. The van der Waals surface area contributed by atoms with Crippen LogP contribution in [-0.2, 0) is 14.3 Å². The molecule has 0 aliphatic carbocycles. The first-order valence-electron chi connectivity index (χ1n) is 6.22. The number of hydrogen-bond acceptors (Lipinski definition) is 5. The fourth-order valence-electron chi connectivity index (χ4n) is 1.43. The van der Waals surface area contributed by atoms with E-state index in [1.807, 2.05) is 13.0 Å². The highest BCUT2D eigenvalue weighted by atomic mass is 16.6. The lowest BCUT2D eigenvalue weighted by Gasteiger charge is -2.04. The first-order chi connectivity index (χ1) is 9.71. The van der Waals surface area contributed by atoms with Gasteiger partial charge in [0.1, 0.15) is 24.0 Å². The Morgan fingerprint density at radius 1 is 1.30 bits per heavy atom. The first-order valence-corrected chi connectivity index (χ1v) is 6.22. The molecule has 0 spiro atoms. The predicted molar refractivity (Wildman–Crippen MR) is 74.0 cm³/mol. The minimum atomic E-state index is -0.654. The molecule has 0 saturated heterocycles. The van der Waals surface area contributed by atoms with Gasteiger partial charge in [-0.1, -0.05) is 12.1 Å². The highest BCUT2D eigenvalue weighted by molar-refractivity contribution is 5.97. The molecule has 0 heterocycles. The summed E-state index contributed by atoms with van der Waals surface area (Å²) < 4.78 is 15.0. The summed E-state index contributed by atoms with van der Waals surface area (Å²) in [5, 5.41) is 8.98. The van der Waals surface area contributed by atoms with Crippen molar-refractivity contribution in [2.24, 2.45) is 0 Å². The third-order valence-corrected chi connectivity index (χ3v) is 2.36. The van der Waals surface area contributed by atoms with Crippen LogP contribution < -0.4 is 4.74 Å². The van der Waals surface area contributed by atoms with Crippen LogP contribution in [0.3, 0.4) is 0 Å². The summed E-state index contributed by atoms with van der Waals surface area (Å²) >= 11 is 0. The third-order valence-electron chi connectivity index (χ3n) is 2.36. The molecule has 0 fully saturated rings. The van der Waals surface area contributed by atoms with Gasteiger partial charge in [0.2, 0.25) is 0 Å². The lowest BCUT2D eigenvalue weighted by molar-refractivity contribution is -0.139. The minimum absolute atomic E-state index is 0.0507. The van der Waals surface area contributed by atoms with E-state index >= 15 is 0 Å². The van der Waals surface area contributed by atoms with Crippen LogP contribution in [0.1, 0.15) is 12.5 Å². The Hall–Kier alpha value is -2.32. The second kappa shape index (κ2) is 8.73. The van der Waals surface area contributed by atoms with Gasteiger partial charge in [-0.25, -0.2) is 4.79 Å². The van der Waals surface area contributed by atoms with Crippen molar-refractivity contribution in [1.29, 1.82) is 5.26 Å². The van der Waals surface area contributed by atoms with Gasteiger partial charge in [0, 0.05) is 7.11 Å².